The van der Waals surface area contributed by atoms with Crippen LogP contribution in [0, 0.1) is 5.41 Å². The number of aromatic hydroxyl groups is 1. The van der Waals surface area contributed by atoms with Gasteiger partial charge in [-0.25, -0.2) is 0 Å². The van der Waals surface area contributed by atoms with Crippen molar-refractivity contribution in [3.05, 3.63) is 65.7 Å². The average molecular weight is 283 g/mol. The molecule has 0 aliphatic carbocycles. The lowest BCUT2D eigenvalue weighted by atomic mass is 9.81. The van der Waals surface area contributed by atoms with E-state index in [4.69, 9.17) is 0 Å². The third-order valence-corrected chi connectivity index (χ3v) is 3.82. The molecule has 2 aromatic carbocycles. The van der Waals surface area contributed by atoms with Crippen molar-refractivity contribution in [2.75, 3.05) is 0 Å². The van der Waals surface area contributed by atoms with Gasteiger partial charge < -0.3 is 10.4 Å². The Balaban J connectivity index is 2.26. The molecule has 0 aliphatic rings. The Morgan fingerprint density at radius 2 is 1.48 bits per heavy atom. The van der Waals surface area contributed by atoms with Gasteiger partial charge in [-0.3, -0.25) is 0 Å². The maximum atomic E-state index is 10.0. The molecular formula is C19H25NO. The standard InChI is InChI=1S/C19H25NO/c1-14(16-12-8-9-13-17(16)21)20-18(19(2,3)4)15-10-6-5-7-11-15/h5-14,18,20-21H,1-4H3. The summed E-state index contributed by atoms with van der Waals surface area (Å²) < 4.78 is 0. The van der Waals surface area contributed by atoms with Crippen molar-refractivity contribution in [1.29, 1.82) is 0 Å². The topological polar surface area (TPSA) is 32.3 Å². The van der Waals surface area contributed by atoms with Crippen LogP contribution in [0.15, 0.2) is 54.6 Å². The molecule has 2 unspecified atom stereocenters. The highest BCUT2D eigenvalue weighted by atomic mass is 16.3. The summed E-state index contributed by atoms with van der Waals surface area (Å²) in [5.74, 6) is 0.346. The number of benzene rings is 2. The van der Waals surface area contributed by atoms with Gasteiger partial charge in [-0.05, 0) is 24.0 Å². The van der Waals surface area contributed by atoms with Crippen molar-refractivity contribution >= 4 is 0 Å². The van der Waals surface area contributed by atoms with Crippen LogP contribution in [0.4, 0.5) is 0 Å². The first-order valence-corrected chi connectivity index (χ1v) is 7.48. The van der Waals surface area contributed by atoms with Crippen molar-refractivity contribution in [3.8, 4) is 5.75 Å². The minimum atomic E-state index is 0.0793. The van der Waals surface area contributed by atoms with E-state index < -0.39 is 0 Å². The predicted octanol–water partition coefficient (Wildman–Crippen LogP) is 4.83. The van der Waals surface area contributed by atoms with Gasteiger partial charge in [0.25, 0.3) is 0 Å². The van der Waals surface area contributed by atoms with Crippen LogP contribution in [-0.2, 0) is 0 Å². The van der Waals surface area contributed by atoms with Crippen LogP contribution in [0.5, 0.6) is 5.75 Å². The van der Waals surface area contributed by atoms with Crippen molar-refractivity contribution in [2.45, 2.75) is 39.8 Å². The molecule has 112 valence electrons. The molecule has 0 saturated heterocycles. The molecule has 0 spiro atoms. The first-order chi connectivity index (χ1) is 9.89. The Hall–Kier alpha value is -1.80. The molecule has 0 fully saturated rings. The van der Waals surface area contributed by atoms with Crippen LogP contribution >= 0.6 is 0 Å². The Bertz CT molecular complexity index is 572. The van der Waals surface area contributed by atoms with Crippen LogP contribution in [0.2, 0.25) is 0 Å². The summed E-state index contributed by atoms with van der Waals surface area (Å²) in [5, 5.41) is 13.7. The molecule has 2 nitrogen and oxygen atoms in total. The van der Waals surface area contributed by atoms with Crippen LogP contribution < -0.4 is 5.32 Å². The number of rotatable bonds is 4. The largest absolute Gasteiger partial charge is 0.508 e. The molecule has 2 N–H and O–H groups in total. The average Bonchev–Trinajstić information content (AvgIpc) is 2.44. The van der Waals surface area contributed by atoms with Gasteiger partial charge in [0.1, 0.15) is 5.75 Å². The fourth-order valence-corrected chi connectivity index (χ4v) is 2.69. The lowest BCUT2D eigenvalue weighted by Crippen LogP contribution is -2.34. The van der Waals surface area contributed by atoms with Gasteiger partial charge >= 0.3 is 0 Å². The Morgan fingerprint density at radius 1 is 0.905 bits per heavy atom. The van der Waals surface area contributed by atoms with Crippen LogP contribution in [0.25, 0.3) is 0 Å². The van der Waals surface area contributed by atoms with Gasteiger partial charge in [0.2, 0.25) is 0 Å². The molecule has 2 aromatic rings. The Kier molecular flexibility index (Phi) is 4.69. The molecule has 0 saturated carbocycles. The second-order valence-corrected chi connectivity index (χ2v) is 6.66. The summed E-state index contributed by atoms with van der Waals surface area (Å²) in [6.07, 6.45) is 0. The number of hydrogen-bond donors (Lipinski definition) is 2. The van der Waals surface area contributed by atoms with E-state index in [-0.39, 0.29) is 17.5 Å². The summed E-state index contributed by atoms with van der Waals surface area (Å²) >= 11 is 0. The Labute approximate surface area is 127 Å². The zero-order valence-corrected chi connectivity index (χ0v) is 13.3. The predicted molar refractivity (Wildman–Crippen MR) is 88.3 cm³/mol. The van der Waals surface area contributed by atoms with E-state index in [2.05, 4.69) is 57.3 Å². The minimum Gasteiger partial charge on any atom is -0.508 e. The molecule has 0 radical (unpaired) electrons. The summed E-state index contributed by atoms with van der Waals surface area (Å²) in [7, 11) is 0. The third kappa shape index (κ3) is 3.85. The summed E-state index contributed by atoms with van der Waals surface area (Å²) in [5.41, 5.74) is 2.29. The van der Waals surface area contributed by atoms with Crippen molar-refractivity contribution in [3.63, 3.8) is 0 Å². The zero-order chi connectivity index (χ0) is 15.5. The van der Waals surface area contributed by atoms with E-state index in [1.807, 2.05) is 24.3 Å². The van der Waals surface area contributed by atoms with E-state index in [1.165, 1.54) is 5.56 Å². The number of hydrogen-bond acceptors (Lipinski definition) is 2. The smallest absolute Gasteiger partial charge is 0.120 e. The first kappa shape index (κ1) is 15.6. The molecular weight excluding hydrogens is 258 g/mol. The monoisotopic (exact) mass is 283 g/mol. The van der Waals surface area contributed by atoms with E-state index in [0.29, 0.717) is 5.75 Å². The number of phenols is 1. The quantitative estimate of drug-likeness (QED) is 0.842. The number of para-hydroxylation sites is 1. The molecule has 0 aromatic heterocycles. The van der Waals surface area contributed by atoms with Crippen molar-refractivity contribution < 1.29 is 5.11 Å². The maximum Gasteiger partial charge on any atom is 0.120 e. The van der Waals surface area contributed by atoms with Gasteiger partial charge in [0.05, 0.1) is 0 Å². The molecule has 0 aliphatic heterocycles. The summed E-state index contributed by atoms with van der Waals surface area (Å²) in [6.45, 7) is 8.79. The second-order valence-electron chi connectivity index (χ2n) is 6.66. The van der Waals surface area contributed by atoms with E-state index in [0.717, 1.165) is 5.56 Å². The number of phenolic OH excluding ortho intramolecular Hbond substituents is 1. The van der Waals surface area contributed by atoms with Gasteiger partial charge in [0, 0.05) is 17.6 Å². The van der Waals surface area contributed by atoms with Gasteiger partial charge in [-0.2, -0.15) is 0 Å². The first-order valence-electron chi connectivity index (χ1n) is 7.48. The van der Waals surface area contributed by atoms with Crippen molar-refractivity contribution in [1.82, 2.24) is 5.32 Å². The van der Waals surface area contributed by atoms with E-state index in [9.17, 15) is 5.11 Å². The lowest BCUT2D eigenvalue weighted by Gasteiger charge is -2.35. The molecule has 2 atom stereocenters. The van der Waals surface area contributed by atoms with Crippen LogP contribution in [0.3, 0.4) is 0 Å². The molecule has 0 heterocycles. The fraction of sp³-hybridized carbons (Fsp3) is 0.368. The molecule has 0 bridgehead atoms. The van der Waals surface area contributed by atoms with Gasteiger partial charge in [-0.15, -0.1) is 0 Å². The van der Waals surface area contributed by atoms with Crippen LogP contribution in [0.1, 0.15) is 50.9 Å². The molecule has 2 heteroatoms. The maximum absolute atomic E-state index is 10.0. The molecule has 0 amide bonds. The van der Waals surface area contributed by atoms with E-state index >= 15 is 0 Å². The normalized spacial score (nSPS) is 14.7. The van der Waals surface area contributed by atoms with Crippen molar-refractivity contribution in [2.24, 2.45) is 5.41 Å². The van der Waals surface area contributed by atoms with E-state index in [1.54, 1.807) is 6.07 Å². The minimum absolute atomic E-state index is 0.0793. The highest BCUT2D eigenvalue weighted by Gasteiger charge is 2.28. The lowest BCUT2D eigenvalue weighted by molar-refractivity contribution is 0.252. The fourth-order valence-electron chi connectivity index (χ4n) is 2.69. The van der Waals surface area contributed by atoms with Gasteiger partial charge in [0.15, 0.2) is 0 Å². The summed E-state index contributed by atoms with van der Waals surface area (Å²) in [4.78, 5) is 0. The molecule has 2 rings (SSSR count). The summed E-state index contributed by atoms with van der Waals surface area (Å²) in [6, 6.07) is 18.3. The van der Waals surface area contributed by atoms with Gasteiger partial charge in [-0.1, -0.05) is 69.3 Å². The Morgan fingerprint density at radius 3 is 2.05 bits per heavy atom. The SMILES string of the molecule is CC(NC(c1ccccc1)C(C)(C)C)c1ccccc1O. The highest BCUT2D eigenvalue weighted by molar-refractivity contribution is 5.34. The second kappa shape index (κ2) is 6.31. The van der Waals surface area contributed by atoms with Crippen LogP contribution in [-0.4, -0.2) is 5.11 Å². The number of nitrogens with one attached hydrogen (secondary N) is 1. The highest BCUT2D eigenvalue weighted by Crippen LogP contribution is 2.35. The molecule has 21 heavy (non-hydrogen) atoms. The zero-order valence-electron chi connectivity index (χ0n) is 13.3. The third-order valence-electron chi connectivity index (χ3n) is 3.82.